The molecule has 0 aromatic carbocycles. The first-order valence-corrected chi connectivity index (χ1v) is 5.64. The summed E-state index contributed by atoms with van der Waals surface area (Å²) in [6.07, 6.45) is 4.89. The minimum atomic E-state index is 0.746. The van der Waals surface area contributed by atoms with E-state index < -0.39 is 0 Å². The minimum Gasteiger partial charge on any atom is -0.359 e. The molecule has 2 rings (SSSR count). The number of rotatable bonds is 6. The van der Waals surface area contributed by atoms with Crippen LogP contribution in [0.1, 0.15) is 24.8 Å². The molecule has 0 amide bonds. The van der Waals surface area contributed by atoms with E-state index in [4.69, 9.17) is 4.52 Å². The fourth-order valence-electron chi connectivity index (χ4n) is 1.65. The molecule has 2 aromatic heterocycles. The second kappa shape index (κ2) is 5.51. The van der Waals surface area contributed by atoms with E-state index in [2.05, 4.69) is 40.3 Å². The van der Waals surface area contributed by atoms with Gasteiger partial charge in [-0.25, -0.2) is 0 Å². The summed E-state index contributed by atoms with van der Waals surface area (Å²) in [5.74, 6) is 0.882. The third-order valence-corrected chi connectivity index (χ3v) is 2.47. The van der Waals surface area contributed by atoms with Crippen molar-refractivity contribution < 1.29 is 4.52 Å². The highest BCUT2D eigenvalue weighted by Crippen LogP contribution is 2.07. The van der Waals surface area contributed by atoms with E-state index in [1.54, 1.807) is 6.20 Å². The van der Waals surface area contributed by atoms with Crippen LogP contribution >= 0.6 is 0 Å². The van der Waals surface area contributed by atoms with Crippen molar-refractivity contribution in [1.29, 1.82) is 0 Å². The summed E-state index contributed by atoms with van der Waals surface area (Å²) < 4.78 is 7.27. The SMILES string of the molecule is CCCNCc1cccn1Cc1ccno1. The Morgan fingerprint density at radius 1 is 1.44 bits per heavy atom. The predicted molar refractivity (Wildman–Crippen MR) is 62.0 cm³/mol. The number of aromatic nitrogens is 2. The summed E-state index contributed by atoms with van der Waals surface area (Å²) in [7, 11) is 0. The molecule has 0 unspecified atom stereocenters. The van der Waals surface area contributed by atoms with Gasteiger partial charge in [-0.2, -0.15) is 0 Å². The van der Waals surface area contributed by atoms with Crippen molar-refractivity contribution in [3.8, 4) is 0 Å². The molecule has 0 aliphatic carbocycles. The maximum absolute atomic E-state index is 5.10. The monoisotopic (exact) mass is 219 g/mol. The summed E-state index contributed by atoms with van der Waals surface area (Å²) in [5, 5.41) is 7.09. The van der Waals surface area contributed by atoms with E-state index in [0.29, 0.717) is 0 Å². The first-order chi connectivity index (χ1) is 7.90. The number of nitrogens with one attached hydrogen (secondary N) is 1. The first kappa shape index (κ1) is 11.0. The molecular formula is C12H17N3O. The smallest absolute Gasteiger partial charge is 0.156 e. The lowest BCUT2D eigenvalue weighted by Crippen LogP contribution is -2.16. The molecule has 0 bridgehead atoms. The zero-order valence-corrected chi connectivity index (χ0v) is 9.52. The molecule has 16 heavy (non-hydrogen) atoms. The Kier molecular flexibility index (Phi) is 3.77. The van der Waals surface area contributed by atoms with Crippen LogP contribution in [-0.2, 0) is 13.1 Å². The van der Waals surface area contributed by atoms with Gasteiger partial charge in [0.15, 0.2) is 5.76 Å². The molecule has 0 radical (unpaired) electrons. The highest BCUT2D eigenvalue weighted by Gasteiger charge is 2.03. The Balaban J connectivity index is 1.96. The number of hydrogen-bond donors (Lipinski definition) is 1. The molecule has 4 nitrogen and oxygen atoms in total. The second-order valence-electron chi connectivity index (χ2n) is 3.78. The zero-order valence-electron chi connectivity index (χ0n) is 9.52. The van der Waals surface area contributed by atoms with E-state index in [0.717, 1.165) is 31.8 Å². The predicted octanol–water partition coefficient (Wildman–Crippen LogP) is 2.02. The Hall–Kier alpha value is -1.55. The van der Waals surface area contributed by atoms with Gasteiger partial charge in [-0.1, -0.05) is 12.1 Å². The van der Waals surface area contributed by atoms with Crippen molar-refractivity contribution in [2.24, 2.45) is 0 Å². The standard InChI is InChI=1S/C12H17N3O/c1-2-6-13-9-11-4-3-8-15(11)10-12-5-7-14-16-12/h3-5,7-8,13H,2,6,9-10H2,1H3. The van der Waals surface area contributed by atoms with Crippen LogP contribution in [-0.4, -0.2) is 16.3 Å². The maximum Gasteiger partial charge on any atom is 0.156 e. The average Bonchev–Trinajstić information content (AvgIpc) is 2.92. The van der Waals surface area contributed by atoms with Crippen molar-refractivity contribution >= 4 is 0 Å². The Morgan fingerprint density at radius 2 is 2.38 bits per heavy atom. The number of nitrogens with zero attached hydrogens (tertiary/aromatic N) is 2. The van der Waals surface area contributed by atoms with Gasteiger partial charge in [-0.05, 0) is 25.1 Å². The highest BCUT2D eigenvalue weighted by molar-refractivity contribution is 5.09. The summed E-state index contributed by atoms with van der Waals surface area (Å²) in [6.45, 7) is 4.86. The first-order valence-electron chi connectivity index (χ1n) is 5.64. The summed E-state index contributed by atoms with van der Waals surface area (Å²) >= 11 is 0. The molecule has 4 heteroatoms. The molecule has 0 aliphatic rings. The molecule has 1 N–H and O–H groups in total. The molecule has 0 atom stereocenters. The molecule has 0 saturated heterocycles. The second-order valence-corrected chi connectivity index (χ2v) is 3.78. The lowest BCUT2D eigenvalue weighted by molar-refractivity contribution is 0.375. The third kappa shape index (κ3) is 2.73. The lowest BCUT2D eigenvalue weighted by atomic mass is 10.4. The van der Waals surface area contributed by atoms with E-state index in [1.807, 2.05) is 6.07 Å². The Morgan fingerprint density at radius 3 is 3.12 bits per heavy atom. The van der Waals surface area contributed by atoms with Crippen molar-refractivity contribution in [3.05, 3.63) is 42.0 Å². The van der Waals surface area contributed by atoms with Crippen LogP contribution in [0.4, 0.5) is 0 Å². The largest absolute Gasteiger partial charge is 0.359 e. The normalized spacial score (nSPS) is 10.8. The minimum absolute atomic E-state index is 0.746. The molecule has 0 saturated carbocycles. The average molecular weight is 219 g/mol. The molecule has 0 aliphatic heterocycles. The molecule has 0 spiro atoms. The van der Waals surface area contributed by atoms with Gasteiger partial charge in [0.2, 0.25) is 0 Å². The van der Waals surface area contributed by atoms with E-state index in [1.165, 1.54) is 5.69 Å². The van der Waals surface area contributed by atoms with Crippen molar-refractivity contribution in [3.63, 3.8) is 0 Å². The van der Waals surface area contributed by atoms with Gasteiger partial charge < -0.3 is 14.4 Å². The highest BCUT2D eigenvalue weighted by atomic mass is 16.5. The van der Waals surface area contributed by atoms with Gasteiger partial charge >= 0.3 is 0 Å². The molecular weight excluding hydrogens is 202 g/mol. The van der Waals surface area contributed by atoms with Gasteiger partial charge in [0.1, 0.15) is 0 Å². The number of hydrogen-bond acceptors (Lipinski definition) is 3. The van der Waals surface area contributed by atoms with Crippen LogP contribution in [0.15, 0.2) is 35.1 Å². The van der Waals surface area contributed by atoms with Crippen molar-refractivity contribution in [2.45, 2.75) is 26.4 Å². The summed E-state index contributed by atoms with van der Waals surface area (Å²) in [6, 6.07) is 6.07. The Bertz CT molecular complexity index is 406. The topological polar surface area (TPSA) is 43.0 Å². The molecule has 86 valence electrons. The lowest BCUT2D eigenvalue weighted by Gasteiger charge is -2.07. The van der Waals surface area contributed by atoms with Crippen LogP contribution in [0.25, 0.3) is 0 Å². The Labute approximate surface area is 95.2 Å². The van der Waals surface area contributed by atoms with Crippen LogP contribution in [0.3, 0.4) is 0 Å². The van der Waals surface area contributed by atoms with Crippen LogP contribution in [0.2, 0.25) is 0 Å². The molecule has 0 fully saturated rings. The zero-order chi connectivity index (χ0) is 11.2. The van der Waals surface area contributed by atoms with Gasteiger partial charge in [0, 0.05) is 24.5 Å². The van der Waals surface area contributed by atoms with Gasteiger partial charge in [0.05, 0.1) is 12.7 Å². The molecule has 2 aromatic rings. The van der Waals surface area contributed by atoms with Crippen molar-refractivity contribution in [1.82, 2.24) is 15.0 Å². The van der Waals surface area contributed by atoms with Gasteiger partial charge in [-0.15, -0.1) is 0 Å². The van der Waals surface area contributed by atoms with Crippen LogP contribution < -0.4 is 5.32 Å². The third-order valence-electron chi connectivity index (χ3n) is 2.47. The van der Waals surface area contributed by atoms with Gasteiger partial charge in [0.25, 0.3) is 0 Å². The summed E-state index contributed by atoms with van der Waals surface area (Å²) in [4.78, 5) is 0. The fraction of sp³-hybridized carbons (Fsp3) is 0.417. The summed E-state index contributed by atoms with van der Waals surface area (Å²) in [5.41, 5.74) is 1.27. The van der Waals surface area contributed by atoms with E-state index in [-0.39, 0.29) is 0 Å². The molecule has 2 heterocycles. The van der Waals surface area contributed by atoms with Crippen LogP contribution in [0.5, 0.6) is 0 Å². The van der Waals surface area contributed by atoms with E-state index in [9.17, 15) is 0 Å². The quantitative estimate of drug-likeness (QED) is 0.756. The fourth-order valence-corrected chi connectivity index (χ4v) is 1.65. The van der Waals surface area contributed by atoms with Crippen LogP contribution in [0, 0.1) is 0 Å². The van der Waals surface area contributed by atoms with Crippen molar-refractivity contribution in [2.75, 3.05) is 6.54 Å². The van der Waals surface area contributed by atoms with Gasteiger partial charge in [-0.3, -0.25) is 0 Å². The van der Waals surface area contributed by atoms with E-state index >= 15 is 0 Å². The maximum atomic E-state index is 5.10.